The standard InChI is InChI=1S/C13H15N3O2/c1-15-5-4-9(7-15)16-12(17)10-3-2-8(14)6-11(10)13(16)18/h2-3,6,9H,4-5,7,14H2,1H3. The Bertz CT molecular complexity index is 541. The Morgan fingerprint density at radius 2 is 1.94 bits per heavy atom. The van der Waals surface area contributed by atoms with Crippen LogP contribution in [0.1, 0.15) is 27.1 Å². The SMILES string of the molecule is CN1CCC(N2C(=O)c3ccc(N)cc3C2=O)C1. The number of carbonyl (C=O) groups excluding carboxylic acids is 2. The minimum Gasteiger partial charge on any atom is -0.399 e. The predicted molar refractivity (Wildman–Crippen MR) is 67.3 cm³/mol. The number of carbonyl (C=O) groups is 2. The van der Waals surface area contributed by atoms with Crippen LogP contribution in [0, 0.1) is 0 Å². The van der Waals surface area contributed by atoms with Crippen LogP contribution in [0.4, 0.5) is 5.69 Å². The zero-order chi connectivity index (χ0) is 12.9. The van der Waals surface area contributed by atoms with Gasteiger partial charge in [-0.3, -0.25) is 14.5 Å². The molecule has 0 aromatic heterocycles. The van der Waals surface area contributed by atoms with E-state index in [2.05, 4.69) is 4.90 Å². The minimum atomic E-state index is -0.206. The third-order valence-electron chi connectivity index (χ3n) is 3.67. The maximum absolute atomic E-state index is 12.3. The van der Waals surface area contributed by atoms with Crippen molar-refractivity contribution in [2.45, 2.75) is 12.5 Å². The number of benzene rings is 1. The second-order valence-electron chi connectivity index (χ2n) is 4.99. The molecular weight excluding hydrogens is 230 g/mol. The maximum atomic E-state index is 12.3. The molecule has 2 aliphatic heterocycles. The molecule has 5 heteroatoms. The molecular formula is C13H15N3O2. The van der Waals surface area contributed by atoms with Crippen molar-refractivity contribution in [2.24, 2.45) is 0 Å². The zero-order valence-corrected chi connectivity index (χ0v) is 10.2. The maximum Gasteiger partial charge on any atom is 0.261 e. The van der Waals surface area contributed by atoms with Crippen molar-refractivity contribution < 1.29 is 9.59 Å². The van der Waals surface area contributed by atoms with Crippen molar-refractivity contribution in [3.05, 3.63) is 29.3 Å². The zero-order valence-electron chi connectivity index (χ0n) is 10.2. The Balaban J connectivity index is 1.97. The van der Waals surface area contributed by atoms with Gasteiger partial charge in [0.25, 0.3) is 11.8 Å². The van der Waals surface area contributed by atoms with Gasteiger partial charge in [-0.1, -0.05) is 0 Å². The van der Waals surface area contributed by atoms with Gasteiger partial charge >= 0.3 is 0 Å². The summed E-state index contributed by atoms with van der Waals surface area (Å²) in [6, 6.07) is 4.88. The number of nitrogen functional groups attached to an aromatic ring is 1. The lowest BCUT2D eigenvalue weighted by Crippen LogP contribution is -2.41. The number of fused-ring (bicyclic) bond motifs is 1. The average molecular weight is 245 g/mol. The summed E-state index contributed by atoms with van der Waals surface area (Å²) in [6.07, 6.45) is 0.845. The van der Waals surface area contributed by atoms with Crippen LogP contribution in [-0.2, 0) is 0 Å². The van der Waals surface area contributed by atoms with E-state index in [1.807, 2.05) is 7.05 Å². The number of anilines is 1. The highest BCUT2D eigenvalue weighted by Crippen LogP contribution is 2.29. The molecule has 5 nitrogen and oxygen atoms in total. The van der Waals surface area contributed by atoms with Crippen molar-refractivity contribution in [2.75, 3.05) is 25.9 Å². The lowest BCUT2D eigenvalue weighted by Gasteiger charge is -2.21. The van der Waals surface area contributed by atoms with Gasteiger partial charge in [0.2, 0.25) is 0 Å². The number of amides is 2. The molecule has 0 bridgehead atoms. The Labute approximate surface area is 105 Å². The number of nitrogens with two attached hydrogens (primary N) is 1. The van der Waals surface area contributed by atoms with E-state index >= 15 is 0 Å². The van der Waals surface area contributed by atoms with Gasteiger partial charge in [-0.15, -0.1) is 0 Å². The van der Waals surface area contributed by atoms with Gasteiger partial charge in [0.15, 0.2) is 0 Å². The topological polar surface area (TPSA) is 66.6 Å². The van der Waals surface area contributed by atoms with Crippen LogP contribution >= 0.6 is 0 Å². The molecule has 1 aromatic rings. The van der Waals surface area contributed by atoms with Gasteiger partial charge in [-0.25, -0.2) is 0 Å². The molecule has 1 aromatic carbocycles. The molecule has 2 aliphatic rings. The van der Waals surface area contributed by atoms with Crippen LogP contribution < -0.4 is 5.73 Å². The van der Waals surface area contributed by atoms with Gasteiger partial charge < -0.3 is 10.6 Å². The number of nitrogens with zero attached hydrogens (tertiary/aromatic N) is 2. The fraction of sp³-hybridized carbons (Fsp3) is 0.385. The van der Waals surface area contributed by atoms with E-state index in [-0.39, 0.29) is 17.9 Å². The third kappa shape index (κ3) is 1.51. The minimum absolute atomic E-state index is 0.0105. The highest BCUT2D eigenvalue weighted by atomic mass is 16.2. The van der Waals surface area contributed by atoms with E-state index in [1.165, 1.54) is 4.90 Å². The molecule has 0 spiro atoms. The fourth-order valence-corrected chi connectivity index (χ4v) is 2.73. The van der Waals surface area contributed by atoms with Crippen LogP contribution in [0.3, 0.4) is 0 Å². The number of likely N-dealkylation sites (N-methyl/N-ethyl adjacent to an activating group) is 1. The van der Waals surface area contributed by atoms with E-state index in [0.717, 1.165) is 19.5 Å². The Hall–Kier alpha value is -1.88. The Kier molecular flexibility index (Phi) is 2.38. The molecule has 3 rings (SSSR count). The van der Waals surface area contributed by atoms with Crippen LogP contribution in [0.25, 0.3) is 0 Å². The first-order valence-electron chi connectivity index (χ1n) is 6.04. The van der Waals surface area contributed by atoms with Crippen molar-refractivity contribution >= 4 is 17.5 Å². The number of hydrogen-bond donors (Lipinski definition) is 1. The molecule has 0 saturated carbocycles. The number of imide groups is 1. The number of hydrogen-bond acceptors (Lipinski definition) is 4. The van der Waals surface area contributed by atoms with E-state index in [9.17, 15) is 9.59 Å². The molecule has 0 radical (unpaired) electrons. The smallest absolute Gasteiger partial charge is 0.261 e. The molecule has 2 heterocycles. The fourth-order valence-electron chi connectivity index (χ4n) is 2.73. The second kappa shape index (κ2) is 3.81. The quantitative estimate of drug-likeness (QED) is 0.580. The summed E-state index contributed by atoms with van der Waals surface area (Å²) in [4.78, 5) is 28.1. The second-order valence-corrected chi connectivity index (χ2v) is 4.99. The largest absolute Gasteiger partial charge is 0.399 e. The number of rotatable bonds is 1. The normalized spacial score (nSPS) is 23.8. The van der Waals surface area contributed by atoms with Crippen LogP contribution in [0.15, 0.2) is 18.2 Å². The molecule has 1 saturated heterocycles. The molecule has 1 fully saturated rings. The molecule has 2 N–H and O–H groups in total. The van der Waals surface area contributed by atoms with Gasteiger partial charge in [-0.05, 0) is 38.2 Å². The van der Waals surface area contributed by atoms with Crippen LogP contribution in [0.2, 0.25) is 0 Å². The molecule has 1 unspecified atom stereocenters. The Morgan fingerprint density at radius 1 is 1.22 bits per heavy atom. The highest BCUT2D eigenvalue weighted by molar-refractivity contribution is 6.21. The number of likely N-dealkylation sites (tertiary alicyclic amines) is 1. The lowest BCUT2D eigenvalue weighted by molar-refractivity contribution is 0.0590. The third-order valence-corrected chi connectivity index (χ3v) is 3.67. The first kappa shape index (κ1) is 11.2. The highest BCUT2D eigenvalue weighted by Gasteiger charge is 2.41. The van der Waals surface area contributed by atoms with E-state index in [4.69, 9.17) is 5.73 Å². The summed E-state index contributed by atoms with van der Waals surface area (Å²) in [6.45, 7) is 1.67. The van der Waals surface area contributed by atoms with Gasteiger partial charge in [0.1, 0.15) is 0 Å². The van der Waals surface area contributed by atoms with Crippen LogP contribution in [0.5, 0.6) is 0 Å². The average Bonchev–Trinajstić information content (AvgIpc) is 2.84. The monoisotopic (exact) mass is 245 g/mol. The van der Waals surface area contributed by atoms with Gasteiger partial charge in [0.05, 0.1) is 17.2 Å². The summed E-state index contributed by atoms with van der Waals surface area (Å²) < 4.78 is 0. The molecule has 18 heavy (non-hydrogen) atoms. The van der Waals surface area contributed by atoms with Crippen molar-refractivity contribution in [3.8, 4) is 0 Å². The lowest BCUT2D eigenvalue weighted by atomic mass is 10.1. The summed E-state index contributed by atoms with van der Waals surface area (Å²) in [5, 5.41) is 0. The van der Waals surface area contributed by atoms with Crippen molar-refractivity contribution in [3.63, 3.8) is 0 Å². The molecule has 1 atom stereocenters. The molecule has 94 valence electrons. The first-order valence-corrected chi connectivity index (χ1v) is 6.04. The van der Waals surface area contributed by atoms with Crippen molar-refractivity contribution in [1.29, 1.82) is 0 Å². The summed E-state index contributed by atoms with van der Waals surface area (Å²) >= 11 is 0. The first-order chi connectivity index (χ1) is 8.58. The van der Waals surface area contributed by atoms with E-state index < -0.39 is 0 Å². The molecule has 0 aliphatic carbocycles. The van der Waals surface area contributed by atoms with Crippen molar-refractivity contribution in [1.82, 2.24) is 9.80 Å². The van der Waals surface area contributed by atoms with Crippen LogP contribution in [-0.4, -0.2) is 47.8 Å². The predicted octanol–water partition coefficient (Wildman–Crippen LogP) is 0.569. The Morgan fingerprint density at radius 3 is 2.61 bits per heavy atom. The molecule has 2 amide bonds. The summed E-state index contributed by atoms with van der Waals surface area (Å²) in [5.41, 5.74) is 7.10. The van der Waals surface area contributed by atoms with E-state index in [0.29, 0.717) is 16.8 Å². The van der Waals surface area contributed by atoms with Gasteiger partial charge in [-0.2, -0.15) is 0 Å². The van der Waals surface area contributed by atoms with Gasteiger partial charge in [0, 0.05) is 12.2 Å². The van der Waals surface area contributed by atoms with E-state index in [1.54, 1.807) is 18.2 Å². The summed E-state index contributed by atoms with van der Waals surface area (Å²) in [5.74, 6) is -0.391. The summed E-state index contributed by atoms with van der Waals surface area (Å²) in [7, 11) is 2.00.